The molecule has 0 aliphatic carbocycles. The zero-order valence-electron chi connectivity index (χ0n) is 18.2. The van der Waals surface area contributed by atoms with Crippen molar-refractivity contribution in [3.8, 4) is 11.3 Å². The van der Waals surface area contributed by atoms with Crippen molar-refractivity contribution in [3.63, 3.8) is 0 Å². The lowest BCUT2D eigenvalue weighted by Crippen LogP contribution is -2.37. The van der Waals surface area contributed by atoms with Crippen LogP contribution < -0.4 is 0 Å². The predicted octanol–water partition coefficient (Wildman–Crippen LogP) is 3.74. The van der Waals surface area contributed by atoms with E-state index in [1.54, 1.807) is 43.1 Å². The van der Waals surface area contributed by atoms with Gasteiger partial charge in [0.05, 0.1) is 31.8 Å². The van der Waals surface area contributed by atoms with E-state index in [2.05, 4.69) is 0 Å². The maximum Gasteiger partial charge on any atom is 0.338 e. The maximum absolute atomic E-state index is 12.5. The van der Waals surface area contributed by atoms with Gasteiger partial charge in [0.25, 0.3) is 0 Å². The molecule has 7 heteroatoms. The van der Waals surface area contributed by atoms with Crippen LogP contribution in [0.5, 0.6) is 0 Å². The second kappa shape index (κ2) is 11.1. The molecule has 3 aromatic rings. The van der Waals surface area contributed by atoms with E-state index in [-0.39, 0.29) is 25.0 Å². The fraction of sp³-hybridized carbons (Fsp3) is 0.240. The fourth-order valence-corrected chi connectivity index (χ4v) is 3.21. The van der Waals surface area contributed by atoms with Crippen LogP contribution >= 0.6 is 0 Å². The van der Waals surface area contributed by atoms with Gasteiger partial charge in [-0.3, -0.25) is 19.4 Å². The van der Waals surface area contributed by atoms with Gasteiger partial charge in [-0.2, -0.15) is 0 Å². The van der Waals surface area contributed by atoms with Gasteiger partial charge in [0.15, 0.2) is 0 Å². The lowest BCUT2D eigenvalue weighted by molar-refractivity contribution is -0.139. The van der Waals surface area contributed by atoms with Crippen LogP contribution in [0, 0.1) is 0 Å². The van der Waals surface area contributed by atoms with Crippen molar-refractivity contribution in [3.05, 3.63) is 83.6 Å². The number of nitrogens with zero attached hydrogens (tertiary/aromatic N) is 2. The van der Waals surface area contributed by atoms with Gasteiger partial charge >= 0.3 is 5.97 Å². The molecule has 0 aliphatic rings. The number of imide groups is 1. The smallest absolute Gasteiger partial charge is 0.338 e. The molecule has 0 N–H and O–H groups in total. The molecule has 7 nitrogen and oxygen atoms in total. The van der Waals surface area contributed by atoms with E-state index in [4.69, 9.17) is 9.15 Å². The summed E-state index contributed by atoms with van der Waals surface area (Å²) in [5.74, 6) is 0.703. The zero-order valence-corrected chi connectivity index (χ0v) is 18.2. The van der Waals surface area contributed by atoms with Crippen LogP contribution in [0.4, 0.5) is 0 Å². The van der Waals surface area contributed by atoms with Gasteiger partial charge < -0.3 is 9.15 Å². The maximum atomic E-state index is 12.5. The molecule has 0 bridgehead atoms. The summed E-state index contributed by atoms with van der Waals surface area (Å²) in [6.07, 6.45) is 0.564. The standard InChI is InChI=1S/C25H26N2O5/c1-3-31-25(30)21-11-9-20(10-12-21)23-14-13-22(32-23)16-26(2)17-24(29)27(18-28)15-19-7-5-4-6-8-19/h4-14,18H,3,15-17H2,1-2H3. The van der Waals surface area contributed by atoms with Crippen LogP contribution in [-0.2, 0) is 27.4 Å². The van der Waals surface area contributed by atoms with Crippen LogP contribution in [0.1, 0.15) is 28.6 Å². The molecular formula is C25H26N2O5. The van der Waals surface area contributed by atoms with E-state index in [9.17, 15) is 14.4 Å². The molecule has 2 amide bonds. The summed E-state index contributed by atoms with van der Waals surface area (Å²) in [6, 6.07) is 20.0. The third-order valence-corrected chi connectivity index (χ3v) is 4.82. The van der Waals surface area contributed by atoms with Gasteiger partial charge in [-0.25, -0.2) is 4.79 Å². The van der Waals surface area contributed by atoms with Crippen LogP contribution in [0.25, 0.3) is 11.3 Å². The zero-order chi connectivity index (χ0) is 22.9. The van der Waals surface area contributed by atoms with E-state index in [1.807, 2.05) is 42.5 Å². The minimum atomic E-state index is -0.359. The topological polar surface area (TPSA) is 80.1 Å². The number of ether oxygens (including phenoxy) is 1. The molecule has 3 rings (SSSR count). The van der Waals surface area contributed by atoms with Crippen LogP contribution in [0.3, 0.4) is 0 Å². The van der Waals surface area contributed by atoms with Crippen molar-refractivity contribution in [2.45, 2.75) is 20.0 Å². The molecule has 0 saturated heterocycles. The van der Waals surface area contributed by atoms with Gasteiger partial charge in [-0.15, -0.1) is 0 Å². The summed E-state index contributed by atoms with van der Waals surface area (Å²) in [5.41, 5.74) is 2.20. The Balaban J connectivity index is 1.57. The van der Waals surface area contributed by atoms with E-state index < -0.39 is 0 Å². The van der Waals surface area contributed by atoms with Crippen molar-refractivity contribution in [1.82, 2.24) is 9.80 Å². The highest BCUT2D eigenvalue weighted by atomic mass is 16.5. The number of esters is 1. The highest BCUT2D eigenvalue weighted by Gasteiger charge is 2.17. The van der Waals surface area contributed by atoms with Crippen molar-refractivity contribution in [1.29, 1.82) is 0 Å². The molecular weight excluding hydrogens is 408 g/mol. The van der Waals surface area contributed by atoms with Gasteiger partial charge in [0, 0.05) is 5.56 Å². The predicted molar refractivity (Wildman–Crippen MR) is 119 cm³/mol. The van der Waals surface area contributed by atoms with E-state index in [1.165, 1.54) is 4.90 Å². The third-order valence-electron chi connectivity index (χ3n) is 4.82. The van der Waals surface area contributed by atoms with Gasteiger partial charge in [0.1, 0.15) is 11.5 Å². The minimum Gasteiger partial charge on any atom is -0.462 e. The molecule has 32 heavy (non-hydrogen) atoms. The van der Waals surface area contributed by atoms with Gasteiger partial charge in [-0.1, -0.05) is 42.5 Å². The Morgan fingerprint density at radius 1 is 0.969 bits per heavy atom. The summed E-state index contributed by atoms with van der Waals surface area (Å²) in [5, 5.41) is 0. The molecule has 0 radical (unpaired) electrons. The number of amides is 2. The number of furan rings is 1. The third kappa shape index (κ3) is 6.15. The quantitative estimate of drug-likeness (QED) is 0.357. The fourth-order valence-electron chi connectivity index (χ4n) is 3.21. The molecule has 2 aromatic carbocycles. The first-order valence-electron chi connectivity index (χ1n) is 10.3. The highest BCUT2D eigenvalue weighted by Crippen LogP contribution is 2.23. The Morgan fingerprint density at radius 3 is 2.34 bits per heavy atom. The Kier molecular flexibility index (Phi) is 7.94. The van der Waals surface area contributed by atoms with Crippen molar-refractivity contribution in [2.75, 3.05) is 20.2 Å². The summed E-state index contributed by atoms with van der Waals surface area (Å²) in [4.78, 5) is 38.6. The molecule has 0 spiro atoms. The second-order valence-corrected chi connectivity index (χ2v) is 7.35. The van der Waals surface area contributed by atoms with Crippen molar-refractivity contribution in [2.24, 2.45) is 0 Å². The Hall–Kier alpha value is -3.71. The number of hydrogen-bond acceptors (Lipinski definition) is 6. The minimum absolute atomic E-state index is 0.0792. The van der Waals surface area contributed by atoms with Gasteiger partial charge in [-0.05, 0) is 43.8 Å². The molecule has 1 aromatic heterocycles. The second-order valence-electron chi connectivity index (χ2n) is 7.35. The number of benzene rings is 2. The SMILES string of the molecule is CCOC(=O)c1ccc(-c2ccc(CN(C)CC(=O)N(C=O)Cc3ccccc3)o2)cc1. The van der Waals surface area contributed by atoms with Crippen molar-refractivity contribution >= 4 is 18.3 Å². The Bertz CT molecular complexity index is 1040. The normalized spacial score (nSPS) is 10.7. The van der Waals surface area contributed by atoms with E-state index in [0.29, 0.717) is 36.6 Å². The summed E-state index contributed by atoms with van der Waals surface area (Å²) in [6.45, 7) is 2.82. The molecule has 0 fully saturated rings. The number of hydrogen-bond donors (Lipinski definition) is 0. The average molecular weight is 434 g/mol. The molecule has 0 aliphatic heterocycles. The van der Waals surface area contributed by atoms with Crippen LogP contribution in [-0.4, -0.2) is 48.3 Å². The highest BCUT2D eigenvalue weighted by molar-refractivity contribution is 5.90. The van der Waals surface area contributed by atoms with Crippen LogP contribution in [0.15, 0.2) is 71.1 Å². The van der Waals surface area contributed by atoms with E-state index in [0.717, 1.165) is 11.1 Å². The Morgan fingerprint density at radius 2 is 1.69 bits per heavy atom. The number of likely N-dealkylation sites (N-methyl/N-ethyl adjacent to an activating group) is 1. The number of carbonyl (C=O) groups excluding carboxylic acids is 3. The van der Waals surface area contributed by atoms with E-state index >= 15 is 0 Å². The Labute approximate surface area is 187 Å². The first-order valence-corrected chi connectivity index (χ1v) is 10.3. The molecule has 166 valence electrons. The number of carbonyl (C=O) groups is 3. The van der Waals surface area contributed by atoms with Crippen LogP contribution in [0.2, 0.25) is 0 Å². The lowest BCUT2D eigenvalue weighted by atomic mass is 10.1. The molecule has 0 atom stereocenters. The first-order chi connectivity index (χ1) is 15.5. The summed E-state index contributed by atoms with van der Waals surface area (Å²) in [7, 11) is 1.79. The first kappa shape index (κ1) is 23.0. The number of rotatable bonds is 10. The lowest BCUT2D eigenvalue weighted by Gasteiger charge is -2.20. The molecule has 0 saturated carbocycles. The summed E-state index contributed by atoms with van der Waals surface area (Å²) >= 11 is 0. The van der Waals surface area contributed by atoms with Crippen molar-refractivity contribution < 1.29 is 23.5 Å². The average Bonchev–Trinajstić information content (AvgIpc) is 3.26. The molecule has 0 unspecified atom stereocenters. The summed E-state index contributed by atoms with van der Waals surface area (Å²) < 4.78 is 10.9. The largest absolute Gasteiger partial charge is 0.462 e. The molecule has 1 heterocycles. The van der Waals surface area contributed by atoms with Gasteiger partial charge in [0.2, 0.25) is 12.3 Å². The monoisotopic (exact) mass is 434 g/mol.